The van der Waals surface area contributed by atoms with E-state index in [4.69, 9.17) is 0 Å². The van der Waals surface area contributed by atoms with E-state index in [9.17, 15) is 0 Å². The maximum absolute atomic E-state index is 3.68. The van der Waals surface area contributed by atoms with E-state index in [0.717, 1.165) is 10.9 Å². The van der Waals surface area contributed by atoms with Crippen LogP contribution in [0.5, 0.6) is 0 Å². The maximum Gasteiger partial charge on any atom is 0.0422 e. The summed E-state index contributed by atoms with van der Waals surface area (Å²) in [6.07, 6.45) is 1.14. The minimum Gasteiger partial charge on any atom is -0.382 e. The molecule has 0 radical (unpaired) electrons. The van der Waals surface area contributed by atoms with Crippen molar-refractivity contribution < 1.29 is 0 Å². The highest BCUT2D eigenvalue weighted by Crippen LogP contribution is 2.31. The quantitative estimate of drug-likeness (QED) is 0.792. The molecule has 0 aromatic heterocycles. The number of anilines is 1. The summed E-state index contributed by atoms with van der Waals surface area (Å²) >= 11 is 3.62. The van der Waals surface area contributed by atoms with Crippen LogP contribution in [0.1, 0.15) is 27.2 Å². The summed E-state index contributed by atoms with van der Waals surface area (Å²) in [5, 5.41) is 6.23. The Bertz CT molecular complexity index is 534. The first-order valence-corrected chi connectivity index (χ1v) is 7.36. The fourth-order valence-corrected chi connectivity index (χ4v) is 2.81. The first kappa shape index (κ1) is 13.4. The summed E-state index contributed by atoms with van der Waals surface area (Å²) in [6, 6.07) is 13.3. The zero-order chi connectivity index (χ0) is 13.1. The second-order valence-electron chi connectivity index (χ2n) is 5.04. The fourth-order valence-electron chi connectivity index (χ4n) is 2.33. The van der Waals surface area contributed by atoms with Gasteiger partial charge in [0.1, 0.15) is 0 Å². The lowest BCUT2D eigenvalue weighted by atomic mass is 10.0. The predicted octanol–water partition coefficient (Wildman–Crippen LogP) is 5.45. The average Bonchev–Trinajstić information content (AvgIpc) is 2.38. The van der Waals surface area contributed by atoms with Gasteiger partial charge in [0, 0.05) is 21.6 Å². The van der Waals surface area contributed by atoms with Crippen molar-refractivity contribution in [2.75, 3.05) is 5.32 Å². The van der Waals surface area contributed by atoms with Crippen molar-refractivity contribution in [1.82, 2.24) is 0 Å². The Labute approximate surface area is 118 Å². The standard InChI is InChI=1S/C16H20BrN/c1-4-15(11(2)3)18-16-10-9-14(17)12-7-5-6-8-13(12)16/h5-11,15,18H,4H2,1-3H3. The van der Waals surface area contributed by atoms with Crippen LogP contribution >= 0.6 is 15.9 Å². The van der Waals surface area contributed by atoms with Gasteiger partial charge in [0.05, 0.1) is 0 Å². The van der Waals surface area contributed by atoms with Gasteiger partial charge in [0.2, 0.25) is 0 Å². The van der Waals surface area contributed by atoms with Gasteiger partial charge in [-0.3, -0.25) is 0 Å². The molecule has 18 heavy (non-hydrogen) atoms. The minimum absolute atomic E-state index is 0.523. The summed E-state index contributed by atoms with van der Waals surface area (Å²) < 4.78 is 1.15. The van der Waals surface area contributed by atoms with Crippen LogP contribution in [0.3, 0.4) is 0 Å². The first-order chi connectivity index (χ1) is 8.63. The molecular weight excluding hydrogens is 286 g/mol. The van der Waals surface area contributed by atoms with Gasteiger partial charge in [0.25, 0.3) is 0 Å². The fraction of sp³-hybridized carbons (Fsp3) is 0.375. The molecule has 1 nitrogen and oxygen atoms in total. The Morgan fingerprint density at radius 1 is 1.06 bits per heavy atom. The molecule has 1 N–H and O–H groups in total. The number of nitrogens with one attached hydrogen (secondary N) is 1. The largest absolute Gasteiger partial charge is 0.382 e. The van der Waals surface area contributed by atoms with Crippen LogP contribution in [0.2, 0.25) is 0 Å². The Balaban J connectivity index is 2.42. The number of benzene rings is 2. The Morgan fingerprint density at radius 3 is 2.33 bits per heavy atom. The van der Waals surface area contributed by atoms with E-state index in [1.165, 1.54) is 16.5 Å². The molecular formula is C16H20BrN. The SMILES string of the molecule is CCC(Nc1ccc(Br)c2ccccc12)C(C)C. The van der Waals surface area contributed by atoms with Crippen LogP contribution in [0.15, 0.2) is 40.9 Å². The van der Waals surface area contributed by atoms with Gasteiger partial charge < -0.3 is 5.32 Å². The van der Waals surface area contributed by atoms with Crippen molar-refractivity contribution in [2.45, 2.75) is 33.2 Å². The number of halogens is 1. The van der Waals surface area contributed by atoms with Gasteiger partial charge in [-0.2, -0.15) is 0 Å². The maximum atomic E-state index is 3.68. The Kier molecular flexibility index (Phi) is 4.28. The van der Waals surface area contributed by atoms with Crippen molar-refractivity contribution in [2.24, 2.45) is 5.92 Å². The van der Waals surface area contributed by atoms with Crippen molar-refractivity contribution in [3.63, 3.8) is 0 Å². The average molecular weight is 306 g/mol. The number of fused-ring (bicyclic) bond motifs is 1. The molecule has 0 aliphatic heterocycles. The van der Waals surface area contributed by atoms with Gasteiger partial charge in [-0.15, -0.1) is 0 Å². The van der Waals surface area contributed by atoms with Gasteiger partial charge in [-0.1, -0.05) is 61.0 Å². The molecule has 1 unspecified atom stereocenters. The molecule has 2 aromatic rings. The van der Waals surface area contributed by atoms with Crippen molar-refractivity contribution in [1.29, 1.82) is 0 Å². The molecule has 2 rings (SSSR count). The Hall–Kier alpha value is -1.02. The summed E-state index contributed by atoms with van der Waals surface area (Å²) in [5.74, 6) is 0.636. The second-order valence-corrected chi connectivity index (χ2v) is 5.90. The molecule has 0 spiro atoms. The Morgan fingerprint density at radius 2 is 1.72 bits per heavy atom. The van der Waals surface area contributed by atoms with Gasteiger partial charge in [0.15, 0.2) is 0 Å². The van der Waals surface area contributed by atoms with Crippen LogP contribution in [-0.4, -0.2) is 6.04 Å². The molecule has 2 aromatic carbocycles. The lowest BCUT2D eigenvalue weighted by Gasteiger charge is -2.23. The van der Waals surface area contributed by atoms with Crippen LogP contribution in [-0.2, 0) is 0 Å². The number of hydrogen-bond donors (Lipinski definition) is 1. The summed E-state index contributed by atoms with van der Waals surface area (Å²) in [7, 11) is 0. The molecule has 1 atom stereocenters. The van der Waals surface area contributed by atoms with E-state index in [2.05, 4.69) is 78.4 Å². The van der Waals surface area contributed by atoms with E-state index in [-0.39, 0.29) is 0 Å². The molecule has 0 aliphatic rings. The van der Waals surface area contributed by atoms with E-state index < -0.39 is 0 Å². The van der Waals surface area contributed by atoms with Crippen LogP contribution in [0.25, 0.3) is 10.8 Å². The highest BCUT2D eigenvalue weighted by atomic mass is 79.9. The van der Waals surface area contributed by atoms with Crippen LogP contribution < -0.4 is 5.32 Å². The van der Waals surface area contributed by atoms with Crippen molar-refractivity contribution in [3.8, 4) is 0 Å². The van der Waals surface area contributed by atoms with Gasteiger partial charge in [-0.05, 0) is 29.9 Å². The van der Waals surface area contributed by atoms with Crippen LogP contribution in [0.4, 0.5) is 5.69 Å². The van der Waals surface area contributed by atoms with E-state index in [0.29, 0.717) is 12.0 Å². The summed E-state index contributed by atoms with van der Waals surface area (Å²) in [6.45, 7) is 6.77. The number of hydrogen-bond acceptors (Lipinski definition) is 1. The topological polar surface area (TPSA) is 12.0 Å². The van der Waals surface area contributed by atoms with Gasteiger partial charge in [-0.25, -0.2) is 0 Å². The van der Waals surface area contributed by atoms with Crippen LogP contribution in [0, 0.1) is 5.92 Å². The summed E-state index contributed by atoms with van der Waals surface area (Å²) in [4.78, 5) is 0. The summed E-state index contributed by atoms with van der Waals surface area (Å²) in [5.41, 5.74) is 1.23. The van der Waals surface area contributed by atoms with Gasteiger partial charge >= 0.3 is 0 Å². The first-order valence-electron chi connectivity index (χ1n) is 6.57. The third-order valence-corrected chi connectivity index (χ3v) is 4.15. The molecule has 0 saturated carbocycles. The highest BCUT2D eigenvalue weighted by Gasteiger charge is 2.12. The predicted molar refractivity (Wildman–Crippen MR) is 84.2 cm³/mol. The lowest BCUT2D eigenvalue weighted by molar-refractivity contribution is 0.511. The molecule has 0 fully saturated rings. The molecule has 0 saturated heterocycles. The van der Waals surface area contributed by atoms with E-state index in [1.54, 1.807) is 0 Å². The van der Waals surface area contributed by atoms with E-state index >= 15 is 0 Å². The molecule has 0 aliphatic carbocycles. The number of rotatable bonds is 4. The van der Waals surface area contributed by atoms with E-state index in [1.807, 2.05) is 0 Å². The smallest absolute Gasteiger partial charge is 0.0422 e. The third kappa shape index (κ3) is 2.69. The van der Waals surface area contributed by atoms with Crippen molar-refractivity contribution >= 4 is 32.4 Å². The second kappa shape index (κ2) is 5.75. The molecule has 0 amide bonds. The normalized spacial score (nSPS) is 12.9. The molecule has 0 bridgehead atoms. The minimum atomic E-state index is 0.523. The molecule has 2 heteroatoms. The zero-order valence-corrected chi connectivity index (χ0v) is 12.8. The third-order valence-electron chi connectivity index (χ3n) is 3.46. The lowest BCUT2D eigenvalue weighted by Crippen LogP contribution is -2.24. The molecule has 0 heterocycles. The molecule has 96 valence electrons. The zero-order valence-electron chi connectivity index (χ0n) is 11.2. The monoisotopic (exact) mass is 305 g/mol. The highest BCUT2D eigenvalue weighted by molar-refractivity contribution is 9.10. The van der Waals surface area contributed by atoms with Crippen molar-refractivity contribution in [3.05, 3.63) is 40.9 Å².